The molecule has 0 radical (unpaired) electrons. The van der Waals surface area contributed by atoms with Crippen molar-refractivity contribution in [2.75, 3.05) is 0 Å². The molecule has 2 N–H and O–H groups in total. The van der Waals surface area contributed by atoms with Crippen LogP contribution in [0.1, 0.15) is 22.8 Å². The first kappa shape index (κ1) is 14.7. The molecule has 3 aromatic rings. The van der Waals surface area contributed by atoms with E-state index in [0.29, 0.717) is 5.71 Å². The summed E-state index contributed by atoms with van der Waals surface area (Å²) in [5.74, 6) is -0.535. The quantitative estimate of drug-likeness (QED) is 0.577. The molecule has 1 heterocycles. The molecule has 5 heteroatoms. The van der Waals surface area contributed by atoms with E-state index in [1.54, 1.807) is 37.5 Å². The van der Waals surface area contributed by atoms with Crippen LogP contribution in [0.25, 0.3) is 10.8 Å². The van der Waals surface area contributed by atoms with Crippen LogP contribution in [0.5, 0.6) is 5.75 Å². The smallest absolute Gasteiger partial charge is 0.275 e. The van der Waals surface area contributed by atoms with E-state index in [9.17, 15) is 9.90 Å². The summed E-state index contributed by atoms with van der Waals surface area (Å²) in [6, 6.07) is 14.4. The van der Waals surface area contributed by atoms with Gasteiger partial charge in [-0.1, -0.05) is 30.3 Å². The van der Waals surface area contributed by atoms with Crippen LogP contribution < -0.4 is 5.43 Å². The Morgan fingerprint density at radius 2 is 1.87 bits per heavy atom. The zero-order valence-corrected chi connectivity index (χ0v) is 12.5. The first-order chi connectivity index (χ1) is 11.1. The molecule has 0 fully saturated rings. The zero-order chi connectivity index (χ0) is 16.2. The van der Waals surface area contributed by atoms with Crippen molar-refractivity contribution in [1.29, 1.82) is 0 Å². The van der Waals surface area contributed by atoms with Gasteiger partial charge in [0.25, 0.3) is 5.91 Å². The number of amides is 1. The molecule has 5 nitrogen and oxygen atoms in total. The van der Waals surface area contributed by atoms with Gasteiger partial charge in [-0.05, 0) is 35.9 Å². The number of benzene rings is 2. The first-order valence-electron chi connectivity index (χ1n) is 7.12. The van der Waals surface area contributed by atoms with Crippen LogP contribution in [0.4, 0.5) is 0 Å². The summed E-state index contributed by atoms with van der Waals surface area (Å²) in [4.78, 5) is 16.3. The first-order valence-corrected chi connectivity index (χ1v) is 7.12. The average molecular weight is 305 g/mol. The van der Waals surface area contributed by atoms with Crippen molar-refractivity contribution in [1.82, 2.24) is 10.4 Å². The van der Waals surface area contributed by atoms with E-state index in [1.807, 2.05) is 30.3 Å². The summed E-state index contributed by atoms with van der Waals surface area (Å²) in [6.07, 6.45) is 3.33. The summed E-state index contributed by atoms with van der Waals surface area (Å²) < 4.78 is 0. The minimum Gasteiger partial charge on any atom is -0.507 e. The largest absolute Gasteiger partial charge is 0.507 e. The van der Waals surface area contributed by atoms with Gasteiger partial charge in [-0.25, -0.2) is 5.43 Å². The Morgan fingerprint density at radius 3 is 2.57 bits per heavy atom. The highest BCUT2D eigenvalue weighted by molar-refractivity contribution is 6.03. The number of aromatic nitrogens is 1. The van der Waals surface area contributed by atoms with Crippen molar-refractivity contribution >= 4 is 22.4 Å². The van der Waals surface area contributed by atoms with Crippen LogP contribution in [-0.2, 0) is 0 Å². The van der Waals surface area contributed by atoms with Gasteiger partial charge in [0.05, 0.1) is 11.3 Å². The maximum absolute atomic E-state index is 12.3. The Balaban J connectivity index is 1.85. The molecule has 0 bridgehead atoms. The molecule has 0 aliphatic rings. The van der Waals surface area contributed by atoms with Gasteiger partial charge in [-0.2, -0.15) is 5.10 Å². The summed E-state index contributed by atoms with van der Waals surface area (Å²) in [7, 11) is 0. The van der Waals surface area contributed by atoms with E-state index < -0.39 is 5.91 Å². The fourth-order valence-corrected chi connectivity index (χ4v) is 2.25. The molecule has 23 heavy (non-hydrogen) atoms. The molecule has 0 spiro atoms. The second kappa shape index (κ2) is 6.27. The Labute approximate surface area is 133 Å². The normalized spacial score (nSPS) is 11.4. The second-order valence-corrected chi connectivity index (χ2v) is 5.10. The van der Waals surface area contributed by atoms with E-state index in [0.717, 1.165) is 16.3 Å². The number of phenolic OH excluding ortho intramolecular Hbond substituents is 1. The van der Waals surface area contributed by atoms with E-state index in [4.69, 9.17) is 0 Å². The molecule has 3 rings (SSSR count). The molecule has 1 amide bonds. The maximum atomic E-state index is 12.3. The average Bonchev–Trinajstić information content (AvgIpc) is 2.59. The molecule has 0 unspecified atom stereocenters. The van der Waals surface area contributed by atoms with Gasteiger partial charge in [0.2, 0.25) is 0 Å². The highest BCUT2D eigenvalue weighted by Gasteiger charge is 2.12. The van der Waals surface area contributed by atoms with Crippen LogP contribution in [-0.4, -0.2) is 21.7 Å². The zero-order valence-electron chi connectivity index (χ0n) is 12.5. The van der Waals surface area contributed by atoms with Crippen LogP contribution in [0.3, 0.4) is 0 Å². The number of nitrogens with zero attached hydrogens (tertiary/aromatic N) is 2. The molecule has 0 saturated carbocycles. The van der Waals surface area contributed by atoms with Gasteiger partial charge >= 0.3 is 0 Å². The predicted molar refractivity (Wildman–Crippen MR) is 89.5 cm³/mol. The van der Waals surface area contributed by atoms with E-state index in [1.165, 1.54) is 0 Å². The van der Waals surface area contributed by atoms with Crippen LogP contribution in [0, 0.1) is 0 Å². The fraction of sp³-hybridized carbons (Fsp3) is 0.0556. The molecule has 114 valence electrons. The number of rotatable bonds is 3. The van der Waals surface area contributed by atoms with Gasteiger partial charge in [0, 0.05) is 18.0 Å². The number of hydrazone groups is 1. The SMILES string of the molecule is C/C(=N/NC(=O)c1cc2ccccc2cc1O)c1cccnc1. The van der Waals surface area contributed by atoms with Crippen molar-refractivity contribution in [3.63, 3.8) is 0 Å². The topological polar surface area (TPSA) is 74.6 Å². The molecular weight excluding hydrogens is 290 g/mol. The lowest BCUT2D eigenvalue weighted by Crippen LogP contribution is -2.19. The maximum Gasteiger partial charge on any atom is 0.275 e. The summed E-state index contributed by atoms with van der Waals surface area (Å²) in [5, 5.41) is 15.8. The van der Waals surface area contributed by atoms with Gasteiger partial charge in [-0.3, -0.25) is 9.78 Å². The minimum atomic E-state index is -0.462. The van der Waals surface area contributed by atoms with Gasteiger partial charge in [0.1, 0.15) is 5.75 Å². The molecule has 2 aromatic carbocycles. The number of aromatic hydroxyl groups is 1. The number of hydrogen-bond donors (Lipinski definition) is 2. The highest BCUT2D eigenvalue weighted by Crippen LogP contribution is 2.24. The second-order valence-electron chi connectivity index (χ2n) is 5.10. The van der Waals surface area contributed by atoms with E-state index in [-0.39, 0.29) is 11.3 Å². The number of fused-ring (bicyclic) bond motifs is 1. The lowest BCUT2D eigenvalue weighted by atomic mass is 10.1. The van der Waals surface area contributed by atoms with Crippen molar-refractivity contribution < 1.29 is 9.90 Å². The summed E-state index contributed by atoms with van der Waals surface area (Å²) in [5.41, 5.74) is 4.10. The summed E-state index contributed by atoms with van der Waals surface area (Å²) >= 11 is 0. The third kappa shape index (κ3) is 3.18. The number of carbonyl (C=O) groups is 1. The molecule has 0 atom stereocenters. The van der Waals surface area contributed by atoms with Crippen molar-refractivity contribution in [2.45, 2.75) is 6.92 Å². The molecule has 0 aliphatic carbocycles. The molecule has 1 aromatic heterocycles. The Morgan fingerprint density at radius 1 is 1.13 bits per heavy atom. The van der Waals surface area contributed by atoms with E-state index >= 15 is 0 Å². The van der Waals surface area contributed by atoms with Gasteiger partial charge in [0.15, 0.2) is 0 Å². The van der Waals surface area contributed by atoms with Crippen LogP contribution in [0.15, 0.2) is 66.0 Å². The van der Waals surface area contributed by atoms with Crippen LogP contribution >= 0.6 is 0 Å². The summed E-state index contributed by atoms with van der Waals surface area (Å²) in [6.45, 7) is 1.78. The Hall–Kier alpha value is -3.21. The van der Waals surface area contributed by atoms with Gasteiger partial charge in [-0.15, -0.1) is 0 Å². The fourth-order valence-electron chi connectivity index (χ4n) is 2.25. The molecule has 0 aliphatic heterocycles. The number of pyridine rings is 1. The lowest BCUT2D eigenvalue weighted by molar-refractivity contribution is 0.0952. The third-order valence-electron chi connectivity index (χ3n) is 3.51. The van der Waals surface area contributed by atoms with Gasteiger partial charge < -0.3 is 5.11 Å². The van der Waals surface area contributed by atoms with E-state index in [2.05, 4.69) is 15.5 Å². The van der Waals surface area contributed by atoms with Crippen molar-refractivity contribution in [2.24, 2.45) is 5.10 Å². The standard InChI is InChI=1S/C18H15N3O2/c1-12(15-7-4-8-19-11-15)20-21-18(23)16-9-13-5-2-3-6-14(13)10-17(16)22/h2-11,22H,1H3,(H,21,23)/b20-12-. The molecular formula is C18H15N3O2. The lowest BCUT2D eigenvalue weighted by Gasteiger charge is -2.06. The van der Waals surface area contributed by atoms with Crippen molar-refractivity contribution in [3.8, 4) is 5.75 Å². The number of carbonyl (C=O) groups excluding carboxylic acids is 1. The Kier molecular flexibility index (Phi) is 4.01. The predicted octanol–water partition coefficient (Wildman–Crippen LogP) is 3.09. The number of nitrogens with one attached hydrogen (secondary N) is 1. The number of phenols is 1. The third-order valence-corrected chi connectivity index (χ3v) is 3.51. The van der Waals surface area contributed by atoms with Crippen LogP contribution in [0.2, 0.25) is 0 Å². The Bertz CT molecular complexity index is 889. The monoisotopic (exact) mass is 305 g/mol. The highest BCUT2D eigenvalue weighted by atomic mass is 16.3. The molecule has 0 saturated heterocycles. The number of hydrogen-bond acceptors (Lipinski definition) is 4. The minimum absolute atomic E-state index is 0.0737. The van der Waals surface area contributed by atoms with Crippen molar-refractivity contribution in [3.05, 3.63) is 72.1 Å².